The molecule has 0 bridgehead atoms. The minimum absolute atomic E-state index is 0.180. The van der Waals surface area contributed by atoms with Crippen molar-refractivity contribution in [3.05, 3.63) is 72.1 Å². The van der Waals surface area contributed by atoms with Crippen LogP contribution >= 0.6 is 0 Å². The van der Waals surface area contributed by atoms with E-state index < -0.39 is 23.6 Å². The number of nitrogens with zero attached hydrogens (tertiary/aromatic N) is 6. The van der Waals surface area contributed by atoms with Crippen molar-refractivity contribution in [2.75, 3.05) is 49.2 Å². The number of piperidine rings is 1. The van der Waals surface area contributed by atoms with Crippen LogP contribution in [-0.4, -0.2) is 59.3 Å². The van der Waals surface area contributed by atoms with Crippen molar-refractivity contribution in [2.24, 2.45) is 7.05 Å². The van der Waals surface area contributed by atoms with E-state index in [-0.39, 0.29) is 11.2 Å². The van der Waals surface area contributed by atoms with Crippen molar-refractivity contribution in [1.82, 2.24) is 19.7 Å². The van der Waals surface area contributed by atoms with Crippen LogP contribution in [0.5, 0.6) is 5.75 Å². The molecule has 10 nitrogen and oxygen atoms in total. The van der Waals surface area contributed by atoms with Gasteiger partial charge in [0.2, 0.25) is 5.95 Å². The van der Waals surface area contributed by atoms with Crippen LogP contribution in [-0.2, 0) is 16.6 Å². The van der Waals surface area contributed by atoms with Crippen molar-refractivity contribution < 1.29 is 27.5 Å². The normalized spacial score (nSPS) is 18.1. The summed E-state index contributed by atoms with van der Waals surface area (Å²) in [5, 5.41) is 8.67. The summed E-state index contributed by atoms with van der Waals surface area (Å²) in [6.07, 6.45) is 5.06. The molecule has 0 aliphatic carbocycles. The molecule has 44 heavy (non-hydrogen) atoms. The molecule has 2 aliphatic rings. The summed E-state index contributed by atoms with van der Waals surface area (Å²) in [6.45, 7) is 3.84. The molecular weight excluding hydrogens is 575 g/mol. The van der Waals surface area contributed by atoms with Crippen molar-refractivity contribution in [1.29, 1.82) is 0 Å². The Morgan fingerprint density at radius 1 is 1.05 bits per heavy atom. The van der Waals surface area contributed by atoms with Gasteiger partial charge in [-0.2, -0.15) is 4.39 Å². The number of anilines is 4. The molecule has 232 valence electrons. The maximum absolute atomic E-state index is 15.1. The lowest BCUT2D eigenvalue weighted by atomic mass is 9.92. The van der Waals surface area contributed by atoms with Crippen LogP contribution in [0.3, 0.4) is 0 Å². The molecule has 0 radical (unpaired) electrons. The minimum atomic E-state index is -0.923. The number of methoxy groups -OCH3 is 2. The zero-order chi connectivity index (χ0) is 31.0. The second-order valence-corrected chi connectivity index (χ2v) is 11.2. The average molecular weight is 610 g/mol. The molecule has 1 N–H and O–H groups in total. The Morgan fingerprint density at radius 2 is 1.84 bits per heavy atom. The first kappa shape index (κ1) is 29.7. The van der Waals surface area contributed by atoms with Gasteiger partial charge in [-0.05, 0) is 31.9 Å². The highest BCUT2D eigenvalue weighted by Crippen LogP contribution is 2.43. The lowest BCUT2D eigenvalue weighted by Gasteiger charge is -2.40. The monoisotopic (exact) mass is 609 g/mol. The zero-order valence-corrected chi connectivity index (χ0v) is 25.0. The predicted octanol–water partition coefficient (Wildman–Crippen LogP) is 5.93. The average Bonchev–Trinajstić information content (AvgIpc) is 3.65. The van der Waals surface area contributed by atoms with Crippen LogP contribution in [0, 0.1) is 17.6 Å². The van der Waals surface area contributed by atoms with Gasteiger partial charge in [-0.25, -0.2) is 23.8 Å². The molecule has 2 saturated heterocycles. The summed E-state index contributed by atoms with van der Waals surface area (Å²) in [5.74, 6) is -1.16. The number of aryl methyl sites for hydroxylation is 1. The molecule has 0 saturated carbocycles. The third-order valence-electron chi connectivity index (χ3n) is 8.43. The van der Waals surface area contributed by atoms with Gasteiger partial charge in [0.05, 0.1) is 36.6 Å². The summed E-state index contributed by atoms with van der Waals surface area (Å²) in [6, 6.07) is 8.85. The van der Waals surface area contributed by atoms with E-state index in [0.29, 0.717) is 60.3 Å². The quantitative estimate of drug-likeness (QED) is 0.261. The lowest BCUT2D eigenvalue weighted by Crippen LogP contribution is -2.43. The van der Waals surface area contributed by atoms with Crippen molar-refractivity contribution in [3.63, 3.8) is 0 Å². The summed E-state index contributed by atoms with van der Waals surface area (Å²) in [7, 11) is 4.96. The van der Waals surface area contributed by atoms with Gasteiger partial charge in [-0.15, -0.1) is 5.10 Å². The molecule has 0 amide bonds. The molecule has 2 aromatic carbocycles. The number of hydroxylamine groups is 1. The van der Waals surface area contributed by atoms with Crippen LogP contribution in [0.25, 0.3) is 11.1 Å². The number of rotatable bonds is 8. The highest BCUT2D eigenvalue weighted by molar-refractivity contribution is 5.86. The number of hydrogen-bond donors (Lipinski definition) is 1. The number of hydrogen-bond acceptors (Lipinski definition) is 9. The van der Waals surface area contributed by atoms with Gasteiger partial charge >= 0.3 is 0 Å². The molecule has 0 unspecified atom stereocenters. The van der Waals surface area contributed by atoms with Crippen LogP contribution in [0.15, 0.2) is 48.9 Å². The Balaban J connectivity index is 1.34. The second-order valence-electron chi connectivity index (χ2n) is 11.2. The Bertz CT molecular complexity index is 1660. The number of halogens is 3. The Labute approximate surface area is 253 Å². The largest absolute Gasteiger partial charge is 0.494 e. The number of nitrogens with one attached hydrogen (secondary N) is 1. The first-order valence-corrected chi connectivity index (χ1v) is 14.4. The van der Waals surface area contributed by atoms with Gasteiger partial charge in [-0.1, -0.05) is 12.1 Å². The maximum atomic E-state index is 15.1. The summed E-state index contributed by atoms with van der Waals surface area (Å²) < 4.78 is 56.7. The van der Waals surface area contributed by atoms with E-state index in [1.807, 2.05) is 12.1 Å². The fraction of sp³-hybridized carbons (Fsp3) is 0.387. The fourth-order valence-electron chi connectivity index (χ4n) is 5.81. The minimum Gasteiger partial charge on any atom is -0.494 e. The van der Waals surface area contributed by atoms with Crippen LogP contribution < -0.4 is 20.0 Å². The van der Waals surface area contributed by atoms with E-state index in [9.17, 15) is 8.78 Å². The first-order valence-electron chi connectivity index (χ1n) is 14.4. The number of benzene rings is 2. The summed E-state index contributed by atoms with van der Waals surface area (Å²) in [4.78, 5) is 16.7. The zero-order valence-electron chi connectivity index (χ0n) is 25.0. The van der Waals surface area contributed by atoms with E-state index >= 15 is 4.39 Å². The van der Waals surface area contributed by atoms with E-state index in [1.165, 1.54) is 28.2 Å². The lowest BCUT2D eigenvalue weighted by molar-refractivity contribution is -0.0132. The first-order chi connectivity index (χ1) is 21.2. The SMILES string of the molecule is COc1cc(N2CCC(C)(OC)CC2)c(-c2cn(C)nc2F)cc1Nc1cc(N2OCC[C@@H]2c2cccc(F)c2F)ncn1. The van der Waals surface area contributed by atoms with Gasteiger partial charge in [-0.3, -0.25) is 9.52 Å². The molecule has 2 aromatic heterocycles. The van der Waals surface area contributed by atoms with Gasteiger partial charge in [0.15, 0.2) is 17.5 Å². The Morgan fingerprint density at radius 3 is 2.55 bits per heavy atom. The van der Waals surface area contributed by atoms with Crippen LogP contribution in [0.1, 0.15) is 37.8 Å². The van der Waals surface area contributed by atoms with Gasteiger partial charge in [0, 0.05) is 68.8 Å². The van der Waals surface area contributed by atoms with Gasteiger partial charge in [0.1, 0.15) is 17.9 Å². The maximum Gasteiger partial charge on any atom is 0.240 e. The van der Waals surface area contributed by atoms with Crippen LogP contribution in [0.4, 0.5) is 36.2 Å². The Kier molecular flexibility index (Phi) is 8.08. The molecule has 1 atom stereocenters. The molecule has 0 spiro atoms. The van der Waals surface area contributed by atoms with E-state index in [2.05, 4.69) is 32.2 Å². The smallest absolute Gasteiger partial charge is 0.240 e. The third-order valence-corrected chi connectivity index (χ3v) is 8.43. The number of aromatic nitrogens is 4. The second kappa shape index (κ2) is 12.0. The predicted molar refractivity (Wildman–Crippen MR) is 159 cm³/mol. The molecule has 4 aromatic rings. The molecular formula is C31H34F3N7O3. The third kappa shape index (κ3) is 5.64. The van der Waals surface area contributed by atoms with Crippen molar-refractivity contribution in [2.45, 2.75) is 37.8 Å². The molecule has 13 heteroatoms. The van der Waals surface area contributed by atoms with Crippen molar-refractivity contribution in [3.8, 4) is 16.9 Å². The molecule has 2 aliphatic heterocycles. The van der Waals surface area contributed by atoms with E-state index in [1.54, 1.807) is 33.5 Å². The number of ether oxygens (including phenoxy) is 2. The van der Waals surface area contributed by atoms with Crippen molar-refractivity contribution >= 4 is 23.0 Å². The summed E-state index contributed by atoms with van der Waals surface area (Å²) in [5.41, 5.74) is 2.30. The van der Waals surface area contributed by atoms with Crippen LogP contribution in [0.2, 0.25) is 0 Å². The Hall–Kier alpha value is -4.36. The van der Waals surface area contributed by atoms with Gasteiger partial charge in [0.25, 0.3) is 0 Å². The molecule has 4 heterocycles. The highest BCUT2D eigenvalue weighted by atomic mass is 19.2. The van der Waals surface area contributed by atoms with E-state index in [4.69, 9.17) is 14.3 Å². The summed E-state index contributed by atoms with van der Waals surface area (Å²) >= 11 is 0. The molecule has 2 fully saturated rings. The van der Waals surface area contributed by atoms with Gasteiger partial charge < -0.3 is 19.7 Å². The topological polar surface area (TPSA) is 89.8 Å². The molecule has 6 rings (SSSR count). The highest BCUT2D eigenvalue weighted by Gasteiger charge is 2.33. The fourth-order valence-corrected chi connectivity index (χ4v) is 5.81. The van der Waals surface area contributed by atoms with E-state index in [0.717, 1.165) is 24.6 Å². The standard InChI is InChI=1S/C31H34F3N7O3/c1-31(43-4)9-11-40(12-10-31)25-15-26(42-3)23(14-20(25)21-17-39(2)38-30(21)34)37-27-16-28(36-18-35-27)41-24(8-13-44-41)19-6-5-7-22(32)29(19)33/h5-7,14-18,24H,8-13H2,1-4H3,(H,35,36,37)/t24-/m1/s1.